The second-order valence-electron chi connectivity index (χ2n) is 3.74. The molecule has 0 unspecified atom stereocenters. The number of carbonyl (C=O) groups excluding carboxylic acids is 1. The summed E-state index contributed by atoms with van der Waals surface area (Å²) in [5.41, 5.74) is 1.75. The molecule has 0 bridgehead atoms. The minimum Gasteiger partial charge on any atom is -0.492 e. The highest BCUT2D eigenvalue weighted by Gasteiger charge is 2.22. The molecule has 0 N–H and O–H groups in total. The van der Waals surface area contributed by atoms with Gasteiger partial charge in [0, 0.05) is 25.0 Å². The summed E-state index contributed by atoms with van der Waals surface area (Å²) in [7, 11) is 3.48. The van der Waals surface area contributed by atoms with Crippen molar-refractivity contribution < 1.29 is 9.53 Å². The summed E-state index contributed by atoms with van der Waals surface area (Å²) in [4.78, 5) is 13.4. The first-order chi connectivity index (χ1) is 7.09. The van der Waals surface area contributed by atoms with Gasteiger partial charge in [0.15, 0.2) is 0 Å². The third-order valence-corrected chi connectivity index (χ3v) is 2.84. The van der Waals surface area contributed by atoms with E-state index in [1.807, 2.05) is 12.1 Å². The number of carbonyl (C=O) groups is 1. The van der Waals surface area contributed by atoms with E-state index in [0.29, 0.717) is 12.2 Å². The SMILES string of the molecule is CN(C)C(=O)c1cc(Br)cc2c1OCC2. The van der Waals surface area contributed by atoms with Gasteiger partial charge in [-0.2, -0.15) is 0 Å². The van der Waals surface area contributed by atoms with E-state index >= 15 is 0 Å². The van der Waals surface area contributed by atoms with Crippen LogP contribution in [0.25, 0.3) is 0 Å². The summed E-state index contributed by atoms with van der Waals surface area (Å²) in [6.45, 7) is 0.666. The topological polar surface area (TPSA) is 29.5 Å². The normalized spacial score (nSPS) is 13.3. The smallest absolute Gasteiger partial charge is 0.257 e. The van der Waals surface area contributed by atoms with Crippen LogP contribution in [0.1, 0.15) is 15.9 Å². The Balaban J connectivity index is 2.51. The number of nitrogens with zero attached hydrogens (tertiary/aromatic N) is 1. The molecule has 0 radical (unpaired) electrons. The van der Waals surface area contributed by atoms with Gasteiger partial charge in [0.05, 0.1) is 12.2 Å². The van der Waals surface area contributed by atoms with E-state index in [1.54, 1.807) is 19.0 Å². The lowest BCUT2D eigenvalue weighted by Crippen LogP contribution is -2.22. The standard InChI is InChI=1S/C11H12BrNO2/c1-13(2)11(14)9-6-8(12)5-7-3-4-15-10(7)9/h5-6H,3-4H2,1-2H3. The molecule has 2 rings (SSSR count). The molecule has 4 heteroatoms. The molecule has 1 aromatic carbocycles. The highest BCUT2D eigenvalue weighted by molar-refractivity contribution is 9.10. The van der Waals surface area contributed by atoms with E-state index in [-0.39, 0.29) is 5.91 Å². The van der Waals surface area contributed by atoms with Crippen molar-refractivity contribution in [2.24, 2.45) is 0 Å². The molecule has 3 nitrogen and oxygen atoms in total. The van der Waals surface area contributed by atoms with Gasteiger partial charge < -0.3 is 9.64 Å². The van der Waals surface area contributed by atoms with Crippen LogP contribution < -0.4 is 4.74 Å². The Labute approximate surface area is 97.2 Å². The average Bonchev–Trinajstić information content (AvgIpc) is 2.62. The first-order valence-corrected chi connectivity index (χ1v) is 5.56. The van der Waals surface area contributed by atoms with E-state index in [0.717, 1.165) is 22.2 Å². The molecule has 1 aromatic rings. The van der Waals surface area contributed by atoms with E-state index in [1.165, 1.54) is 0 Å². The minimum atomic E-state index is -0.0190. The van der Waals surface area contributed by atoms with Gasteiger partial charge in [-0.15, -0.1) is 0 Å². The van der Waals surface area contributed by atoms with Gasteiger partial charge in [-0.3, -0.25) is 4.79 Å². The third kappa shape index (κ3) is 1.86. The summed E-state index contributed by atoms with van der Waals surface area (Å²) >= 11 is 3.41. The Morgan fingerprint density at radius 3 is 2.87 bits per heavy atom. The lowest BCUT2D eigenvalue weighted by molar-refractivity contribution is 0.0824. The first-order valence-electron chi connectivity index (χ1n) is 4.76. The second-order valence-corrected chi connectivity index (χ2v) is 4.66. The van der Waals surface area contributed by atoms with Gasteiger partial charge in [0.2, 0.25) is 0 Å². The van der Waals surface area contributed by atoms with Crippen LogP contribution in [0.2, 0.25) is 0 Å². The third-order valence-electron chi connectivity index (χ3n) is 2.39. The molecule has 1 aliphatic rings. The van der Waals surface area contributed by atoms with Crippen LogP contribution >= 0.6 is 15.9 Å². The minimum absolute atomic E-state index is 0.0190. The second kappa shape index (κ2) is 3.85. The number of hydrogen-bond acceptors (Lipinski definition) is 2. The summed E-state index contributed by atoms with van der Waals surface area (Å²) in [6.07, 6.45) is 0.877. The molecule has 1 amide bonds. The monoisotopic (exact) mass is 269 g/mol. The van der Waals surface area contributed by atoms with Crippen molar-refractivity contribution in [1.82, 2.24) is 4.90 Å². The molecule has 15 heavy (non-hydrogen) atoms. The maximum absolute atomic E-state index is 11.9. The Morgan fingerprint density at radius 2 is 2.20 bits per heavy atom. The van der Waals surface area contributed by atoms with Crippen LogP contribution in [0.4, 0.5) is 0 Å². The largest absolute Gasteiger partial charge is 0.492 e. The Hall–Kier alpha value is -1.03. The van der Waals surface area contributed by atoms with Crippen molar-refractivity contribution in [1.29, 1.82) is 0 Å². The number of benzene rings is 1. The molecule has 0 saturated carbocycles. The van der Waals surface area contributed by atoms with Crippen molar-refractivity contribution in [3.63, 3.8) is 0 Å². The van der Waals surface area contributed by atoms with Gasteiger partial charge in [0.25, 0.3) is 5.91 Å². The number of amides is 1. The van der Waals surface area contributed by atoms with E-state index in [2.05, 4.69) is 15.9 Å². The molecule has 1 aliphatic heterocycles. The zero-order valence-electron chi connectivity index (χ0n) is 8.71. The number of hydrogen-bond donors (Lipinski definition) is 0. The quantitative estimate of drug-likeness (QED) is 0.782. The lowest BCUT2D eigenvalue weighted by Gasteiger charge is -2.13. The van der Waals surface area contributed by atoms with Crippen LogP contribution in [0, 0.1) is 0 Å². The van der Waals surface area contributed by atoms with Crippen LogP contribution in [-0.2, 0) is 6.42 Å². The van der Waals surface area contributed by atoms with E-state index < -0.39 is 0 Å². The van der Waals surface area contributed by atoms with Crippen molar-refractivity contribution in [3.8, 4) is 5.75 Å². The zero-order chi connectivity index (χ0) is 11.0. The number of ether oxygens (including phenoxy) is 1. The molecular formula is C11H12BrNO2. The zero-order valence-corrected chi connectivity index (χ0v) is 10.3. The number of fused-ring (bicyclic) bond motifs is 1. The summed E-state index contributed by atoms with van der Waals surface area (Å²) in [5.74, 6) is 0.728. The Kier molecular flexibility index (Phi) is 2.69. The molecular weight excluding hydrogens is 258 g/mol. The van der Waals surface area contributed by atoms with Crippen LogP contribution in [0.15, 0.2) is 16.6 Å². The number of halogens is 1. The maximum Gasteiger partial charge on any atom is 0.257 e. The van der Waals surface area contributed by atoms with E-state index in [9.17, 15) is 4.79 Å². The van der Waals surface area contributed by atoms with Gasteiger partial charge in [-0.05, 0) is 17.7 Å². The molecule has 0 aliphatic carbocycles. The summed E-state index contributed by atoms with van der Waals surface area (Å²) < 4.78 is 6.42. The highest BCUT2D eigenvalue weighted by Crippen LogP contribution is 2.33. The molecule has 0 atom stereocenters. The van der Waals surface area contributed by atoms with Gasteiger partial charge >= 0.3 is 0 Å². The van der Waals surface area contributed by atoms with Crippen molar-refractivity contribution >= 4 is 21.8 Å². The summed E-state index contributed by atoms with van der Waals surface area (Å²) in [6, 6.07) is 3.82. The molecule has 0 fully saturated rings. The molecule has 0 spiro atoms. The maximum atomic E-state index is 11.9. The summed E-state index contributed by atoms with van der Waals surface area (Å²) in [5, 5.41) is 0. The Morgan fingerprint density at radius 1 is 1.47 bits per heavy atom. The first kappa shape index (κ1) is 10.5. The van der Waals surface area contributed by atoms with Crippen molar-refractivity contribution in [2.45, 2.75) is 6.42 Å². The van der Waals surface area contributed by atoms with Crippen LogP contribution in [0.5, 0.6) is 5.75 Å². The molecule has 1 heterocycles. The molecule has 0 saturated heterocycles. The van der Waals surface area contributed by atoms with Crippen LogP contribution in [0.3, 0.4) is 0 Å². The van der Waals surface area contributed by atoms with E-state index in [4.69, 9.17) is 4.74 Å². The highest BCUT2D eigenvalue weighted by atomic mass is 79.9. The molecule has 0 aromatic heterocycles. The average molecular weight is 270 g/mol. The van der Waals surface area contributed by atoms with Crippen molar-refractivity contribution in [3.05, 3.63) is 27.7 Å². The number of rotatable bonds is 1. The Bertz CT molecular complexity index is 415. The predicted molar refractivity (Wildman–Crippen MR) is 61.4 cm³/mol. The fourth-order valence-electron chi connectivity index (χ4n) is 1.67. The van der Waals surface area contributed by atoms with Gasteiger partial charge in [-0.1, -0.05) is 15.9 Å². The van der Waals surface area contributed by atoms with Gasteiger partial charge in [0.1, 0.15) is 5.75 Å². The predicted octanol–water partition coefficient (Wildman–Crippen LogP) is 2.09. The fraction of sp³-hybridized carbons (Fsp3) is 0.364. The van der Waals surface area contributed by atoms with Crippen molar-refractivity contribution in [2.75, 3.05) is 20.7 Å². The van der Waals surface area contributed by atoms with Crippen LogP contribution in [-0.4, -0.2) is 31.5 Å². The lowest BCUT2D eigenvalue weighted by atomic mass is 10.1. The molecule has 80 valence electrons. The van der Waals surface area contributed by atoms with Gasteiger partial charge in [-0.25, -0.2) is 0 Å². The fourth-order valence-corrected chi connectivity index (χ4v) is 2.17.